The fraction of sp³-hybridized carbons (Fsp3) is 0.0588. The molecule has 0 aliphatic heterocycles. The lowest BCUT2D eigenvalue weighted by Crippen LogP contribution is -2.23. The molecule has 122 valence electrons. The Bertz CT molecular complexity index is 930. The van der Waals surface area contributed by atoms with Crippen LogP contribution in [0.2, 0.25) is 0 Å². The van der Waals surface area contributed by atoms with E-state index in [9.17, 15) is 12.8 Å². The molecule has 0 spiro atoms. The van der Waals surface area contributed by atoms with Crippen molar-refractivity contribution >= 4 is 10.0 Å². The minimum Gasteiger partial charge on any atom is -0.265 e. The molecule has 1 N–H and O–H groups in total. The summed E-state index contributed by atoms with van der Waals surface area (Å²) >= 11 is 0. The molecule has 3 rings (SSSR count). The normalized spacial score (nSPS) is 11.4. The molecule has 0 unspecified atom stereocenters. The first-order chi connectivity index (χ1) is 11.6. The van der Waals surface area contributed by atoms with Gasteiger partial charge in [0, 0.05) is 30.7 Å². The second-order valence-corrected chi connectivity index (χ2v) is 6.79. The van der Waals surface area contributed by atoms with Crippen LogP contribution in [-0.4, -0.2) is 18.4 Å². The lowest BCUT2D eigenvalue weighted by Gasteiger charge is -2.10. The summed E-state index contributed by atoms with van der Waals surface area (Å²) in [6.45, 7) is 0.0746. The summed E-state index contributed by atoms with van der Waals surface area (Å²) < 4.78 is 40.1. The standard InChI is InChI=1S/C17H14FN3O2S/c18-15-3-5-16(6-4-15)24(22,23)21-12-14-2-1-9-20-17(14)13-7-10-19-11-8-13/h1-11,21H,12H2. The van der Waals surface area contributed by atoms with Crippen molar-refractivity contribution in [3.63, 3.8) is 0 Å². The number of nitrogens with one attached hydrogen (secondary N) is 1. The average molecular weight is 343 g/mol. The molecule has 0 amide bonds. The Morgan fingerprint density at radius 1 is 0.958 bits per heavy atom. The van der Waals surface area contributed by atoms with E-state index in [2.05, 4.69) is 14.7 Å². The zero-order chi connectivity index (χ0) is 17.0. The van der Waals surface area contributed by atoms with Crippen molar-refractivity contribution < 1.29 is 12.8 Å². The monoisotopic (exact) mass is 343 g/mol. The second-order valence-electron chi connectivity index (χ2n) is 5.03. The molecule has 0 bridgehead atoms. The molecule has 0 saturated heterocycles. The molecule has 5 nitrogen and oxygen atoms in total. The maximum Gasteiger partial charge on any atom is 0.240 e. The van der Waals surface area contributed by atoms with Gasteiger partial charge >= 0.3 is 0 Å². The summed E-state index contributed by atoms with van der Waals surface area (Å²) in [7, 11) is -3.73. The van der Waals surface area contributed by atoms with Crippen molar-refractivity contribution in [1.82, 2.24) is 14.7 Å². The molecule has 0 aliphatic rings. The predicted molar refractivity (Wildman–Crippen MR) is 87.9 cm³/mol. The van der Waals surface area contributed by atoms with Crippen LogP contribution in [0, 0.1) is 5.82 Å². The van der Waals surface area contributed by atoms with Gasteiger partial charge in [0.1, 0.15) is 5.82 Å². The highest BCUT2D eigenvalue weighted by atomic mass is 32.2. The molecule has 0 fully saturated rings. The first-order valence-corrected chi connectivity index (χ1v) is 8.64. The molecule has 24 heavy (non-hydrogen) atoms. The van der Waals surface area contributed by atoms with Gasteiger partial charge in [-0.2, -0.15) is 0 Å². The smallest absolute Gasteiger partial charge is 0.240 e. The fourth-order valence-corrected chi connectivity index (χ4v) is 3.23. The van der Waals surface area contributed by atoms with Crippen molar-refractivity contribution in [3.05, 3.63) is 78.5 Å². The van der Waals surface area contributed by atoms with Crippen LogP contribution in [0.15, 0.2) is 72.0 Å². The van der Waals surface area contributed by atoms with Crippen LogP contribution in [0.3, 0.4) is 0 Å². The number of halogens is 1. The quantitative estimate of drug-likeness (QED) is 0.773. The molecule has 0 aliphatic carbocycles. The second kappa shape index (κ2) is 6.86. The highest BCUT2D eigenvalue weighted by Gasteiger charge is 2.15. The summed E-state index contributed by atoms with van der Waals surface area (Å²) in [6, 6.07) is 11.8. The lowest BCUT2D eigenvalue weighted by atomic mass is 10.1. The van der Waals surface area contributed by atoms with E-state index in [4.69, 9.17) is 0 Å². The molecule has 0 atom stereocenters. The number of pyridine rings is 2. The predicted octanol–water partition coefficient (Wildman–Crippen LogP) is 2.76. The van der Waals surface area contributed by atoms with E-state index in [0.717, 1.165) is 23.3 Å². The highest BCUT2D eigenvalue weighted by molar-refractivity contribution is 7.89. The molecule has 2 heterocycles. The van der Waals surface area contributed by atoms with Gasteiger partial charge in [-0.15, -0.1) is 0 Å². The topological polar surface area (TPSA) is 72.0 Å². The highest BCUT2D eigenvalue weighted by Crippen LogP contribution is 2.20. The van der Waals surface area contributed by atoms with Gasteiger partial charge in [-0.05, 0) is 48.0 Å². The molecule has 1 aromatic carbocycles. The van der Waals surface area contributed by atoms with Crippen LogP contribution in [0.4, 0.5) is 4.39 Å². The van der Waals surface area contributed by atoms with Gasteiger partial charge in [0.15, 0.2) is 0 Å². The minimum absolute atomic E-state index is 0.0123. The van der Waals surface area contributed by atoms with Gasteiger partial charge in [0.2, 0.25) is 10.0 Å². The molecule has 0 radical (unpaired) electrons. The SMILES string of the molecule is O=S(=O)(NCc1cccnc1-c1ccncc1)c1ccc(F)cc1. The van der Waals surface area contributed by atoms with Crippen LogP contribution < -0.4 is 4.72 Å². The third kappa shape index (κ3) is 3.64. The summed E-state index contributed by atoms with van der Waals surface area (Å²) in [4.78, 5) is 8.30. The number of nitrogens with zero attached hydrogens (tertiary/aromatic N) is 2. The first-order valence-electron chi connectivity index (χ1n) is 7.16. The Morgan fingerprint density at radius 3 is 2.38 bits per heavy atom. The molecular formula is C17H14FN3O2S. The van der Waals surface area contributed by atoms with Crippen LogP contribution in [-0.2, 0) is 16.6 Å². The number of rotatable bonds is 5. The fourth-order valence-electron chi connectivity index (χ4n) is 2.22. The van der Waals surface area contributed by atoms with Gasteiger partial charge in [-0.25, -0.2) is 17.5 Å². The Kier molecular flexibility index (Phi) is 4.64. The molecule has 7 heteroatoms. The van der Waals surface area contributed by atoms with E-state index in [-0.39, 0.29) is 11.4 Å². The molecular weight excluding hydrogens is 329 g/mol. The number of benzene rings is 1. The van der Waals surface area contributed by atoms with Gasteiger partial charge in [0.25, 0.3) is 0 Å². The van der Waals surface area contributed by atoms with Crippen molar-refractivity contribution in [2.24, 2.45) is 0 Å². The Balaban J connectivity index is 1.84. The number of sulfonamides is 1. The van der Waals surface area contributed by atoms with Crippen LogP contribution in [0.5, 0.6) is 0 Å². The van der Waals surface area contributed by atoms with Crippen LogP contribution in [0.1, 0.15) is 5.56 Å². The maximum atomic E-state index is 12.9. The van der Waals surface area contributed by atoms with Gasteiger partial charge in [-0.1, -0.05) is 6.07 Å². The van der Waals surface area contributed by atoms with Crippen LogP contribution >= 0.6 is 0 Å². The third-order valence-corrected chi connectivity index (χ3v) is 4.84. The number of aromatic nitrogens is 2. The first kappa shape index (κ1) is 16.2. The van der Waals surface area contributed by atoms with Crippen LogP contribution in [0.25, 0.3) is 11.3 Å². The van der Waals surface area contributed by atoms with E-state index in [1.54, 1.807) is 42.9 Å². The van der Waals surface area contributed by atoms with Crippen molar-refractivity contribution in [2.75, 3.05) is 0 Å². The number of hydrogen-bond acceptors (Lipinski definition) is 4. The van der Waals surface area contributed by atoms with E-state index in [1.807, 2.05) is 0 Å². The molecule has 3 aromatic rings. The summed E-state index contributed by atoms with van der Waals surface area (Å²) in [5.74, 6) is -0.485. The van der Waals surface area contributed by atoms with Gasteiger partial charge < -0.3 is 0 Å². The van der Waals surface area contributed by atoms with Crippen molar-refractivity contribution in [2.45, 2.75) is 11.4 Å². The molecule has 0 saturated carbocycles. The van der Waals surface area contributed by atoms with Crippen molar-refractivity contribution in [1.29, 1.82) is 0 Å². The van der Waals surface area contributed by atoms with Crippen molar-refractivity contribution in [3.8, 4) is 11.3 Å². The lowest BCUT2D eigenvalue weighted by molar-refractivity contribution is 0.580. The van der Waals surface area contributed by atoms with E-state index >= 15 is 0 Å². The third-order valence-electron chi connectivity index (χ3n) is 3.42. The Hall–Kier alpha value is -2.64. The Morgan fingerprint density at radius 2 is 1.67 bits per heavy atom. The number of hydrogen-bond donors (Lipinski definition) is 1. The van der Waals surface area contributed by atoms with E-state index in [1.165, 1.54) is 12.1 Å². The van der Waals surface area contributed by atoms with Gasteiger partial charge in [0.05, 0.1) is 10.6 Å². The zero-order valence-electron chi connectivity index (χ0n) is 12.6. The average Bonchev–Trinajstić information content (AvgIpc) is 2.61. The zero-order valence-corrected chi connectivity index (χ0v) is 13.4. The largest absolute Gasteiger partial charge is 0.265 e. The Labute approximate surface area is 139 Å². The van der Waals surface area contributed by atoms with E-state index in [0.29, 0.717) is 5.69 Å². The summed E-state index contributed by atoms with van der Waals surface area (Å²) in [6.07, 6.45) is 4.95. The molecule has 2 aromatic heterocycles. The maximum absolute atomic E-state index is 12.9. The van der Waals surface area contributed by atoms with Gasteiger partial charge in [-0.3, -0.25) is 9.97 Å². The summed E-state index contributed by atoms with van der Waals surface area (Å²) in [5.41, 5.74) is 2.26. The summed E-state index contributed by atoms with van der Waals surface area (Å²) in [5, 5.41) is 0. The minimum atomic E-state index is -3.73. The van der Waals surface area contributed by atoms with E-state index < -0.39 is 15.8 Å².